The van der Waals surface area contributed by atoms with Crippen molar-refractivity contribution in [3.05, 3.63) is 88.6 Å². The number of likely N-dealkylation sites (tertiary alicyclic amines) is 1. The number of nitrogens with zero attached hydrogens (tertiary/aromatic N) is 2. The monoisotopic (exact) mass is 563 g/mol. The summed E-state index contributed by atoms with van der Waals surface area (Å²) in [4.78, 5) is 6.96. The van der Waals surface area contributed by atoms with Gasteiger partial charge >= 0.3 is 0 Å². The van der Waals surface area contributed by atoms with E-state index in [9.17, 15) is 0 Å². The predicted molar refractivity (Wildman–Crippen MR) is 176 cm³/mol. The summed E-state index contributed by atoms with van der Waals surface area (Å²) in [5.41, 5.74) is 4.69. The first-order valence-electron chi connectivity index (χ1n) is 14.9. The molecule has 4 nitrogen and oxygen atoms in total. The van der Waals surface area contributed by atoms with Crippen LogP contribution in [0.15, 0.2) is 66.7 Å². The van der Waals surface area contributed by atoms with E-state index in [0.717, 1.165) is 24.0 Å². The predicted octanol–water partition coefficient (Wildman–Crippen LogP) is 8.59. The summed E-state index contributed by atoms with van der Waals surface area (Å²) in [6, 6.07) is 23.5. The standard InChI is InChI=1S/C16H21NO.C15H17ClN2.2C2H6/c1-16(2,17-9-10-18)12-13-7-8-14-5-3-4-6-15(14)11-13;1-11-4-5-12-9-13(10-18-6-2-3-7-18)15(16)17-14(12)8-11;2*1-2/h3-8,11,17-18H,9-10,12H2,1-2H3;4-5,8-9H,2-3,6-7,10H2,1H3;2*1-2H3. The van der Waals surface area contributed by atoms with E-state index >= 15 is 0 Å². The molecule has 1 aromatic heterocycles. The molecule has 0 aliphatic carbocycles. The summed E-state index contributed by atoms with van der Waals surface area (Å²) in [5, 5.41) is 16.6. The van der Waals surface area contributed by atoms with Crippen molar-refractivity contribution in [2.45, 2.75) is 79.8 Å². The molecule has 0 bridgehead atoms. The Morgan fingerprint density at radius 2 is 1.52 bits per heavy atom. The van der Waals surface area contributed by atoms with Gasteiger partial charge in [-0.3, -0.25) is 4.90 Å². The molecule has 218 valence electrons. The van der Waals surface area contributed by atoms with Gasteiger partial charge in [0.25, 0.3) is 0 Å². The fourth-order valence-corrected chi connectivity index (χ4v) is 5.11. The SMILES string of the molecule is CC.CC.CC(C)(Cc1ccc2ccccc2c1)NCCO.Cc1ccc2cc(CN3CCCC3)c(Cl)nc2c1. The molecule has 1 aliphatic rings. The minimum absolute atomic E-state index is 0.00515. The van der Waals surface area contributed by atoms with E-state index in [2.05, 4.69) is 103 Å². The van der Waals surface area contributed by atoms with Crippen LogP contribution < -0.4 is 5.32 Å². The number of β-amino-alcohol motifs (C(OH)–C–C–N with tert-alkyl or cyclic N) is 1. The molecule has 1 fully saturated rings. The second-order valence-corrected chi connectivity index (χ2v) is 10.9. The van der Waals surface area contributed by atoms with Crippen molar-refractivity contribution in [3.63, 3.8) is 0 Å². The van der Waals surface area contributed by atoms with E-state index in [4.69, 9.17) is 16.7 Å². The average molecular weight is 564 g/mol. The third kappa shape index (κ3) is 10.5. The van der Waals surface area contributed by atoms with Gasteiger partial charge in [0.2, 0.25) is 0 Å². The summed E-state index contributed by atoms with van der Waals surface area (Å²) in [6.07, 6.45) is 3.56. The third-order valence-corrected chi connectivity index (χ3v) is 7.09. The lowest BCUT2D eigenvalue weighted by atomic mass is 9.93. The Kier molecular flexibility index (Phi) is 14.6. The lowest BCUT2D eigenvalue weighted by Crippen LogP contribution is -2.42. The highest BCUT2D eigenvalue weighted by atomic mass is 35.5. The van der Waals surface area contributed by atoms with E-state index < -0.39 is 0 Å². The number of nitrogens with one attached hydrogen (secondary N) is 1. The van der Waals surface area contributed by atoms with Gasteiger partial charge in [-0.15, -0.1) is 0 Å². The molecule has 3 aromatic carbocycles. The average Bonchev–Trinajstić information content (AvgIpc) is 3.48. The molecule has 0 spiro atoms. The van der Waals surface area contributed by atoms with Crippen LogP contribution in [-0.2, 0) is 13.0 Å². The molecule has 2 N–H and O–H groups in total. The highest BCUT2D eigenvalue weighted by Gasteiger charge is 2.17. The van der Waals surface area contributed by atoms with Crippen LogP contribution in [0.1, 0.15) is 71.1 Å². The highest BCUT2D eigenvalue weighted by Crippen LogP contribution is 2.24. The van der Waals surface area contributed by atoms with Crippen LogP contribution in [0.3, 0.4) is 0 Å². The molecule has 0 saturated carbocycles. The van der Waals surface area contributed by atoms with E-state index in [1.807, 2.05) is 27.7 Å². The van der Waals surface area contributed by atoms with Crippen molar-refractivity contribution in [3.8, 4) is 0 Å². The van der Waals surface area contributed by atoms with Gasteiger partial charge in [0.05, 0.1) is 12.1 Å². The number of benzene rings is 3. The molecule has 0 atom stereocenters. The second-order valence-electron chi connectivity index (χ2n) is 10.5. The fourth-order valence-electron chi connectivity index (χ4n) is 4.91. The van der Waals surface area contributed by atoms with Crippen molar-refractivity contribution in [2.75, 3.05) is 26.2 Å². The zero-order chi connectivity index (χ0) is 29.5. The molecule has 5 rings (SSSR count). The maximum absolute atomic E-state index is 8.87. The molecule has 2 heterocycles. The number of halogens is 1. The minimum Gasteiger partial charge on any atom is -0.395 e. The molecule has 0 radical (unpaired) electrons. The molecular weight excluding hydrogens is 514 g/mol. The van der Waals surface area contributed by atoms with Gasteiger partial charge in [0.1, 0.15) is 5.15 Å². The van der Waals surface area contributed by atoms with Gasteiger partial charge < -0.3 is 10.4 Å². The maximum Gasteiger partial charge on any atom is 0.134 e. The summed E-state index contributed by atoms with van der Waals surface area (Å²) >= 11 is 6.30. The third-order valence-electron chi connectivity index (χ3n) is 6.77. The highest BCUT2D eigenvalue weighted by molar-refractivity contribution is 6.30. The molecule has 0 unspecified atom stereocenters. The van der Waals surface area contributed by atoms with Crippen LogP contribution in [0.5, 0.6) is 0 Å². The molecule has 4 aromatic rings. The van der Waals surface area contributed by atoms with Gasteiger partial charge in [-0.25, -0.2) is 4.98 Å². The number of aliphatic hydroxyl groups is 1. The first kappa shape index (κ1) is 33.7. The van der Waals surface area contributed by atoms with Crippen LogP contribution in [0.4, 0.5) is 0 Å². The van der Waals surface area contributed by atoms with Crippen LogP contribution in [0, 0.1) is 6.92 Å². The van der Waals surface area contributed by atoms with E-state index in [1.165, 1.54) is 53.2 Å². The molecule has 0 amide bonds. The first-order chi connectivity index (χ1) is 19.3. The lowest BCUT2D eigenvalue weighted by molar-refractivity contribution is 0.265. The van der Waals surface area contributed by atoms with Gasteiger partial charge in [0.15, 0.2) is 0 Å². The number of aliphatic hydroxyl groups excluding tert-OH is 1. The normalized spacial score (nSPS) is 13.1. The first-order valence-corrected chi connectivity index (χ1v) is 15.3. The van der Waals surface area contributed by atoms with Crippen LogP contribution >= 0.6 is 11.6 Å². The van der Waals surface area contributed by atoms with Crippen molar-refractivity contribution in [1.29, 1.82) is 0 Å². The Morgan fingerprint density at radius 3 is 2.20 bits per heavy atom. The minimum atomic E-state index is 0.00515. The Morgan fingerprint density at radius 1 is 0.875 bits per heavy atom. The number of rotatable bonds is 7. The zero-order valence-electron chi connectivity index (χ0n) is 25.7. The van der Waals surface area contributed by atoms with Crippen molar-refractivity contribution < 1.29 is 5.11 Å². The van der Waals surface area contributed by atoms with Gasteiger partial charge in [-0.1, -0.05) is 93.9 Å². The topological polar surface area (TPSA) is 48.4 Å². The zero-order valence-corrected chi connectivity index (χ0v) is 26.5. The Bertz CT molecular complexity index is 1300. The van der Waals surface area contributed by atoms with Crippen molar-refractivity contribution in [1.82, 2.24) is 15.2 Å². The summed E-state index contributed by atoms with van der Waals surface area (Å²) in [5.74, 6) is 0. The van der Waals surface area contributed by atoms with Gasteiger partial charge in [0, 0.05) is 29.6 Å². The number of pyridine rings is 1. The molecule has 40 heavy (non-hydrogen) atoms. The molecule has 1 aliphatic heterocycles. The molecular formula is C35H50ClN3O. The second kappa shape index (κ2) is 17.3. The number of hydrogen-bond donors (Lipinski definition) is 2. The molecule has 1 saturated heterocycles. The lowest BCUT2D eigenvalue weighted by Gasteiger charge is -2.26. The summed E-state index contributed by atoms with van der Waals surface area (Å²) in [6.45, 7) is 18.5. The number of fused-ring (bicyclic) bond motifs is 2. The fraction of sp³-hybridized carbons (Fsp3) is 0.457. The Hall–Kier alpha value is -2.50. The van der Waals surface area contributed by atoms with E-state index in [1.54, 1.807) is 0 Å². The largest absolute Gasteiger partial charge is 0.395 e. The molecule has 5 heteroatoms. The quantitative estimate of drug-likeness (QED) is 0.221. The van der Waals surface area contributed by atoms with Gasteiger partial charge in [-0.05, 0) is 87.2 Å². The number of aromatic nitrogens is 1. The van der Waals surface area contributed by atoms with E-state index in [-0.39, 0.29) is 12.1 Å². The van der Waals surface area contributed by atoms with Crippen LogP contribution in [-0.4, -0.2) is 46.8 Å². The Labute approximate surface area is 247 Å². The maximum atomic E-state index is 8.87. The van der Waals surface area contributed by atoms with Crippen molar-refractivity contribution in [2.24, 2.45) is 0 Å². The Balaban J connectivity index is 0.000000249. The smallest absolute Gasteiger partial charge is 0.134 e. The van der Waals surface area contributed by atoms with Gasteiger partial charge in [-0.2, -0.15) is 0 Å². The van der Waals surface area contributed by atoms with Crippen LogP contribution in [0.2, 0.25) is 5.15 Å². The van der Waals surface area contributed by atoms with E-state index in [0.29, 0.717) is 11.7 Å². The van der Waals surface area contributed by atoms with Crippen molar-refractivity contribution >= 4 is 33.3 Å². The number of aryl methyl sites for hydroxylation is 1. The number of hydrogen-bond acceptors (Lipinski definition) is 4. The van der Waals surface area contributed by atoms with Crippen LogP contribution in [0.25, 0.3) is 21.7 Å². The summed E-state index contributed by atoms with van der Waals surface area (Å²) < 4.78 is 0. The summed E-state index contributed by atoms with van der Waals surface area (Å²) in [7, 11) is 0.